The lowest BCUT2D eigenvalue weighted by atomic mass is 9.92. The largest absolute Gasteiger partial charge is 0.453 e. The fourth-order valence-corrected chi connectivity index (χ4v) is 11.7. The maximum atomic E-state index is 13.0. The summed E-state index contributed by atoms with van der Waals surface area (Å²) in [4.78, 5) is 14.8. The lowest BCUT2D eigenvalue weighted by molar-refractivity contribution is 0.475. The molecule has 4 aliphatic rings. The average Bonchev–Trinajstić information content (AvgIpc) is 3.91. The molecule has 0 unspecified atom stereocenters. The molecule has 0 saturated carbocycles. The van der Waals surface area contributed by atoms with Crippen LogP contribution in [0.25, 0.3) is 28.1 Å². The standard InChI is InChI=1S/C68H41N7O4/c69-42-44-64(72-47-26-6-14-34-55(47)76-56-35-15-7-27-48(56)72)63(68-70-45-24-4-5-25-46(45)71(68)43-22-2-1-3-23-43)66(74-51-30-10-18-38-59(51)78-60-39-19-11-31-52(60)74)67(75-53-32-12-20-40-61(53)79-62-41-21-13-33-54(62)75)65(44)73-49-28-8-16-36-57(49)77-58-37-17-9-29-50(58)73/h1-41H. The Bertz CT molecular complexity index is 4350. The zero-order valence-corrected chi connectivity index (χ0v) is 41.9. The number of imidazole rings is 1. The number of hydrogen-bond donors (Lipinski definition) is 0. The van der Waals surface area contributed by atoms with Gasteiger partial charge >= 0.3 is 0 Å². The summed E-state index contributed by atoms with van der Waals surface area (Å²) in [6.07, 6.45) is 0. The Morgan fingerprint density at radius 2 is 0.608 bits per heavy atom. The van der Waals surface area contributed by atoms with Crippen molar-refractivity contribution in [2.45, 2.75) is 0 Å². The lowest BCUT2D eigenvalue weighted by Crippen LogP contribution is -2.28. The van der Waals surface area contributed by atoms with E-state index in [1.54, 1.807) is 0 Å². The van der Waals surface area contributed by atoms with Crippen LogP contribution in [0.15, 0.2) is 249 Å². The summed E-state index contributed by atoms with van der Waals surface area (Å²) in [5.74, 6) is 5.54. The minimum atomic E-state index is 0.328. The van der Waals surface area contributed by atoms with Crippen molar-refractivity contribution in [3.8, 4) is 69.1 Å². The summed E-state index contributed by atoms with van der Waals surface area (Å²) in [6.45, 7) is 0. The fourth-order valence-electron chi connectivity index (χ4n) is 11.7. The van der Waals surface area contributed by atoms with Crippen LogP contribution in [0.3, 0.4) is 0 Å². The molecule has 12 aromatic rings. The van der Waals surface area contributed by atoms with Gasteiger partial charge in [0.15, 0.2) is 46.0 Å². The summed E-state index contributed by atoms with van der Waals surface area (Å²) in [6, 6.07) is 86.0. The number of nitrogens with zero attached hydrogens (tertiary/aromatic N) is 7. The van der Waals surface area contributed by atoms with Crippen molar-refractivity contribution in [1.29, 1.82) is 5.26 Å². The maximum absolute atomic E-state index is 13.0. The predicted octanol–water partition coefficient (Wildman–Crippen LogP) is 18.9. The van der Waals surface area contributed by atoms with E-state index in [2.05, 4.69) is 97.0 Å². The third-order valence-corrected chi connectivity index (χ3v) is 14.9. The van der Waals surface area contributed by atoms with Crippen molar-refractivity contribution in [3.05, 3.63) is 254 Å². The van der Waals surface area contributed by atoms with Crippen LogP contribution in [-0.4, -0.2) is 9.55 Å². The normalized spacial score (nSPS) is 13.1. The molecule has 0 atom stereocenters. The Morgan fingerprint density at radius 1 is 0.304 bits per heavy atom. The van der Waals surface area contributed by atoms with E-state index in [1.807, 2.05) is 182 Å². The molecule has 4 aliphatic heterocycles. The second-order valence-electron chi connectivity index (χ2n) is 19.3. The zero-order chi connectivity index (χ0) is 52.1. The monoisotopic (exact) mass is 1020 g/mol. The Hall–Kier alpha value is -11.2. The Kier molecular flexibility index (Phi) is 9.73. The molecule has 11 nitrogen and oxygen atoms in total. The summed E-state index contributed by atoms with van der Waals surface area (Å²) < 4.78 is 29.7. The molecule has 11 heteroatoms. The van der Waals surface area contributed by atoms with Crippen LogP contribution in [0.2, 0.25) is 0 Å². The topological polar surface area (TPSA) is 91.5 Å². The number of anilines is 12. The molecule has 0 N–H and O–H groups in total. The summed E-state index contributed by atoms with van der Waals surface area (Å²) in [5.41, 5.74) is 11.8. The predicted molar refractivity (Wildman–Crippen MR) is 310 cm³/mol. The maximum Gasteiger partial charge on any atom is 0.151 e. The molecular formula is C68H41N7O4. The first-order chi connectivity index (χ1) is 39.2. The van der Waals surface area contributed by atoms with Crippen LogP contribution in [0, 0.1) is 11.3 Å². The summed E-state index contributed by atoms with van der Waals surface area (Å²) >= 11 is 0. The van der Waals surface area contributed by atoms with Gasteiger partial charge in [-0.15, -0.1) is 0 Å². The van der Waals surface area contributed by atoms with E-state index < -0.39 is 0 Å². The molecule has 372 valence electrons. The third-order valence-electron chi connectivity index (χ3n) is 14.9. The summed E-state index contributed by atoms with van der Waals surface area (Å²) in [7, 11) is 0. The van der Waals surface area contributed by atoms with Crippen molar-refractivity contribution in [1.82, 2.24) is 9.55 Å². The number of fused-ring (bicyclic) bond motifs is 9. The molecule has 16 rings (SSSR count). The van der Waals surface area contributed by atoms with E-state index in [-0.39, 0.29) is 0 Å². The van der Waals surface area contributed by atoms with Gasteiger partial charge in [0.1, 0.15) is 17.5 Å². The van der Waals surface area contributed by atoms with Gasteiger partial charge in [-0.05, 0) is 121 Å². The van der Waals surface area contributed by atoms with E-state index >= 15 is 0 Å². The molecule has 0 amide bonds. The summed E-state index contributed by atoms with van der Waals surface area (Å²) in [5, 5.41) is 13.0. The Balaban J connectivity index is 1.22. The molecule has 0 saturated heterocycles. The molecule has 11 aromatic carbocycles. The molecule has 79 heavy (non-hydrogen) atoms. The van der Waals surface area contributed by atoms with Gasteiger partial charge in [-0.3, -0.25) is 14.4 Å². The van der Waals surface area contributed by atoms with Gasteiger partial charge in [-0.2, -0.15) is 5.26 Å². The van der Waals surface area contributed by atoms with E-state index in [1.165, 1.54) is 0 Å². The quantitative estimate of drug-likeness (QED) is 0.160. The number of nitriles is 1. The van der Waals surface area contributed by atoms with E-state index in [9.17, 15) is 5.26 Å². The molecule has 0 radical (unpaired) electrons. The Labute approximate surface area is 454 Å². The number of aromatic nitrogens is 2. The Morgan fingerprint density at radius 3 is 0.987 bits per heavy atom. The highest BCUT2D eigenvalue weighted by Gasteiger charge is 2.45. The van der Waals surface area contributed by atoms with Crippen LogP contribution in [-0.2, 0) is 0 Å². The van der Waals surface area contributed by atoms with Crippen LogP contribution < -0.4 is 38.5 Å². The van der Waals surface area contributed by atoms with Gasteiger partial charge in [0.2, 0.25) is 0 Å². The van der Waals surface area contributed by atoms with E-state index in [4.69, 9.17) is 23.9 Å². The molecule has 1 aromatic heterocycles. The second kappa shape index (κ2) is 17.4. The van der Waals surface area contributed by atoms with E-state index in [0.29, 0.717) is 85.7 Å². The third kappa shape index (κ3) is 6.62. The van der Waals surface area contributed by atoms with Gasteiger partial charge in [-0.1, -0.05) is 127 Å². The van der Waals surface area contributed by atoms with Gasteiger partial charge in [0.25, 0.3) is 0 Å². The highest BCUT2D eigenvalue weighted by atomic mass is 16.5. The van der Waals surface area contributed by atoms with Gasteiger partial charge < -0.3 is 28.7 Å². The highest BCUT2D eigenvalue weighted by molar-refractivity contribution is 6.17. The van der Waals surface area contributed by atoms with Gasteiger partial charge in [0.05, 0.1) is 84.8 Å². The van der Waals surface area contributed by atoms with Crippen molar-refractivity contribution in [2.24, 2.45) is 0 Å². The van der Waals surface area contributed by atoms with Crippen LogP contribution in [0.4, 0.5) is 68.2 Å². The fraction of sp³-hybridized carbons (Fsp3) is 0. The number of ether oxygens (including phenoxy) is 4. The first-order valence-electron chi connectivity index (χ1n) is 26.0. The molecule has 0 aliphatic carbocycles. The van der Waals surface area contributed by atoms with Crippen molar-refractivity contribution < 1.29 is 18.9 Å². The van der Waals surface area contributed by atoms with Crippen molar-refractivity contribution in [3.63, 3.8) is 0 Å². The first-order valence-corrected chi connectivity index (χ1v) is 26.0. The van der Waals surface area contributed by atoms with Gasteiger partial charge in [-0.25, -0.2) is 4.98 Å². The minimum absolute atomic E-state index is 0.328. The van der Waals surface area contributed by atoms with Crippen molar-refractivity contribution >= 4 is 79.3 Å². The molecule has 0 fully saturated rings. The van der Waals surface area contributed by atoms with E-state index in [0.717, 1.165) is 62.2 Å². The molecule has 5 heterocycles. The van der Waals surface area contributed by atoms with Crippen LogP contribution >= 0.6 is 0 Å². The SMILES string of the molecule is N#Cc1c(N2c3ccccc3Oc3ccccc32)c(-c2nc3ccccc3n2-c2ccccc2)c(N2c3ccccc3Oc3ccccc32)c(N2c3ccccc3Oc3ccccc32)c1N1c2ccccc2Oc2ccccc21. The minimum Gasteiger partial charge on any atom is -0.453 e. The lowest BCUT2D eigenvalue weighted by Gasteiger charge is -2.44. The number of hydrogen-bond acceptors (Lipinski definition) is 10. The molecule has 0 bridgehead atoms. The number of para-hydroxylation sites is 19. The molecular weight excluding hydrogens is 979 g/mol. The second-order valence-corrected chi connectivity index (χ2v) is 19.3. The van der Waals surface area contributed by atoms with Crippen LogP contribution in [0.1, 0.15) is 5.56 Å². The first kappa shape index (κ1) is 44.1. The zero-order valence-electron chi connectivity index (χ0n) is 41.9. The number of benzene rings is 11. The average molecular weight is 1020 g/mol. The highest BCUT2D eigenvalue weighted by Crippen LogP contribution is 2.68. The number of rotatable bonds is 6. The van der Waals surface area contributed by atoms with Crippen LogP contribution in [0.5, 0.6) is 46.0 Å². The molecule has 0 spiro atoms. The van der Waals surface area contributed by atoms with Gasteiger partial charge in [0, 0.05) is 5.69 Å². The smallest absolute Gasteiger partial charge is 0.151 e. The van der Waals surface area contributed by atoms with Crippen molar-refractivity contribution in [2.75, 3.05) is 19.6 Å².